The molecule has 0 aliphatic rings. The average Bonchev–Trinajstić information content (AvgIpc) is 2.53. The maximum absolute atomic E-state index is 10.2. The Hall–Kier alpha value is -2.76. The lowest BCUT2D eigenvalue weighted by molar-refractivity contribution is -0.132. The van der Waals surface area contributed by atoms with E-state index in [0.29, 0.717) is 21.2 Å². The molecular formula is C18H14Cl2O5. The van der Waals surface area contributed by atoms with Crippen LogP contribution in [0.2, 0.25) is 10.0 Å². The zero-order valence-corrected chi connectivity index (χ0v) is 14.3. The first-order valence-corrected chi connectivity index (χ1v) is 7.60. The summed E-state index contributed by atoms with van der Waals surface area (Å²) in [6.45, 7) is 0. The van der Waals surface area contributed by atoms with Crippen molar-refractivity contribution in [2.24, 2.45) is 0 Å². The molecule has 0 fully saturated rings. The van der Waals surface area contributed by atoms with E-state index in [0.717, 1.165) is 12.2 Å². The lowest BCUT2D eigenvalue weighted by Gasteiger charge is -1.97. The van der Waals surface area contributed by atoms with Gasteiger partial charge in [-0.15, -0.1) is 0 Å². The molecule has 0 saturated carbocycles. The average molecular weight is 381 g/mol. The quantitative estimate of drug-likeness (QED) is 0.674. The van der Waals surface area contributed by atoms with Gasteiger partial charge >= 0.3 is 11.9 Å². The molecule has 0 radical (unpaired) electrons. The van der Waals surface area contributed by atoms with Crippen molar-refractivity contribution >= 4 is 47.3 Å². The summed E-state index contributed by atoms with van der Waals surface area (Å²) in [6, 6.07) is 11.4. The minimum Gasteiger partial charge on any atom is -0.507 e. The number of phenolic OH excluding ortho intramolecular Hbond substituents is 1. The number of benzene rings is 2. The fraction of sp³-hybridized carbons (Fsp3) is 0. The lowest BCUT2D eigenvalue weighted by Crippen LogP contribution is -1.85. The number of carboxylic acid groups (broad SMARTS) is 2. The second-order valence-corrected chi connectivity index (χ2v) is 5.41. The molecule has 0 amide bonds. The molecule has 2 aromatic rings. The Bertz CT molecular complexity index is 813. The van der Waals surface area contributed by atoms with Crippen LogP contribution in [-0.4, -0.2) is 27.3 Å². The number of aromatic hydroxyl groups is 1. The number of para-hydroxylation sites is 1. The summed E-state index contributed by atoms with van der Waals surface area (Å²) < 4.78 is 0. The minimum atomic E-state index is -1.03. The molecule has 0 aliphatic carbocycles. The standard InChI is InChI=1S/C9H6Cl2O2.C9H8O3/c10-7-3-1-6(8(11)5-7)2-4-9(12)13;10-8-4-2-1-3-7(8)5-6-9(11)12/h1-5H,(H,12,13);1-6,10H,(H,11,12). The summed E-state index contributed by atoms with van der Waals surface area (Å²) in [4.78, 5) is 20.3. The summed E-state index contributed by atoms with van der Waals surface area (Å²) in [5.41, 5.74) is 1.13. The van der Waals surface area contributed by atoms with Gasteiger partial charge in [-0.1, -0.05) is 47.5 Å². The molecule has 130 valence electrons. The second-order valence-electron chi connectivity index (χ2n) is 4.57. The SMILES string of the molecule is O=C(O)C=Cc1ccc(Cl)cc1Cl.O=C(O)C=Cc1ccccc1O. The smallest absolute Gasteiger partial charge is 0.328 e. The van der Waals surface area contributed by atoms with Gasteiger partial charge in [0, 0.05) is 27.8 Å². The molecule has 2 rings (SSSR count). The summed E-state index contributed by atoms with van der Waals surface area (Å²) in [7, 11) is 0. The van der Waals surface area contributed by atoms with Crippen LogP contribution in [0.15, 0.2) is 54.6 Å². The maximum Gasteiger partial charge on any atom is 0.328 e. The number of phenols is 1. The molecule has 0 heterocycles. The molecule has 7 heteroatoms. The van der Waals surface area contributed by atoms with Gasteiger partial charge in [-0.2, -0.15) is 0 Å². The first kappa shape index (κ1) is 20.3. The summed E-state index contributed by atoms with van der Waals surface area (Å²) >= 11 is 11.4. The number of rotatable bonds is 4. The van der Waals surface area contributed by atoms with Gasteiger partial charge in [-0.25, -0.2) is 9.59 Å². The van der Waals surface area contributed by atoms with Crippen molar-refractivity contribution in [3.63, 3.8) is 0 Å². The van der Waals surface area contributed by atoms with Crippen molar-refractivity contribution in [1.29, 1.82) is 0 Å². The molecule has 25 heavy (non-hydrogen) atoms. The van der Waals surface area contributed by atoms with Crippen molar-refractivity contribution in [3.05, 3.63) is 75.8 Å². The number of hydrogen-bond donors (Lipinski definition) is 3. The van der Waals surface area contributed by atoms with Crippen molar-refractivity contribution in [3.8, 4) is 5.75 Å². The van der Waals surface area contributed by atoms with Gasteiger partial charge in [0.25, 0.3) is 0 Å². The third kappa shape index (κ3) is 8.06. The largest absolute Gasteiger partial charge is 0.507 e. The number of hydrogen-bond acceptors (Lipinski definition) is 3. The van der Waals surface area contributed by atoms with Crippen molar-refractivity contribution < 1.29 is 24.9 Å². The number of halogens is 2. The predicted octanol–water partition coefficient (Wildman–Crippen LogP) is 4.58. The van der Waals surface area contributed by atoms with E-state index >= 15 is 0 Å². The van der Waals surface area contributed by atoms with Gasteiger partial charge in [0.2, 0.25) is 0 Å². The molecule has 0 saturated heterocycles. The maximum atomic E-state index is 10.2. The Morgan fingerprint density at radius 1 is 0.840 bits per heavy atom. The van der Waals surface area contributed by atoms with Crippen LogP contribution in [0.1, 0.15) is 11.1 Å². The van der Waals surface area contributed by atoms with Crippen LogP contribution in [-0.2, 0) is 9.59 Å². The predicted molar refractivity (Wildman–Crippen MR) is 97.9 cm³/mol. The molecule has 3 N–H and O–H groups in total. The van der Waals surface area contributed by atoms with Crippen LogP contribution in [0.25, 0.3) is 12.2 Å². The van der Waals surface area contributed by atoms with Crippen LogP contribution in [0.4, 0.5) is 0 Å². The Morgan fingerprint density at radius 2 is 1.40 bits per heavy atom. The molecule has 5 nitrogen and oxygen atoms in total. The van der Waals surface area contributed by atoms with Gasteiger partial charge in [0.15, 0.2) is 0 Å². The van der Waals surface area contributed by atoms with Gasteiger partial charge in [-0.3, -0.25) is 0 Å². The first-order chi connectivity index (χ1) is 11.8. The van der Waals surface area contributed by atoms with E-state index in [4.69, 9.17) is 33.4 Å². The van der Waals surface area contributed by atoms with Crippen molar-refractivity contribution in [2.45, 2.75) is 0 Å². The lowest BCUT2D eigenvalue weighted by atomic mass is 10.2. The Balaban J connectivity index is 0.000000251. The zero-order valence-electron chi connectivity index (χ0n) is 12.8. The van der Waals surface area contributed by atoms with E-state index in [1.807, 2.05) is 0 Å². The summed E-state index contributed by atoms with van der Waals surface area (Å²) in [5, 5.41) is 26.8. The topological polar surface area (TPSA) is 94.8 Å². The molecule has 0 bridgehead atoms. The van der Waals surface area contributed by atoms with E-state index in [1.54, 1.807) is 36.4 Å². The van der Waals surface area contributed by atoms with Gasteiger partial charge in [-0.05, 0) is 35.9 Å². The van der Waals surface area contributed by atoms with Gasteiger partial charge < -0.3 is 15.3 Å². The van der Waals surface area contributed by atoms with Crippen LogP contribution >= 0.6 is 23.2 Å². The molecule has 0 spiro atoms. The molecule has 0 aromatic heterocycles. The highest BCUT2D eigenvalue weighted by molar-refractivity contribution is 6.35. The number of aliphatic carboxylic acids is 2. The molecular weight excluding hydrogens is 367 g/mol. The monoisotopic (exact) mass is 380 g/mol. The Morgan fingerprint density at radius 3 is 1.92 bits per heavy atom. The van der Waals surface area contributed by atoms with E-state index in [9.17, 15) is 14.7 Å². The highest BCUT2D eigenvalue weighted by Gasteiger charge is 1.97. The molecule has 0 aliphatic heterocycles. The fourth-order valence-electron chi connectivity index (χ4n) is 1.59. The highest BCUT2D eigenvalue weighted by atomic mass is 35.5. The van der Waals surface area contributed by atoms with Crippen LogP contribution in [0.5, 0.6) is 5.75 Å². The highest BCUT2D eigenvalue weighted by Crippen LogP contribution is 2.21. The summed E-state index contributed by atoms with van der Waals surface area (Å²) in [6.07, 6.45) is 4.77. The van der Waals surface area contributed by atoms with Crippen molar-refractivity contribution in [1.82, 2.24) is 0 Å². The Labute approximate surface area is 154 Å². The Kier molecular flexibility index (Phi) is 8.26. The minimum absolute atomic E-state index is 0.0787. The zero-order chi connectivity index (χ0) is 18.8. The fourth-order valence-corrected chi connectivity index (χ4v) is 2.06. The molecule has 2 aromatic carbocycles. The normalized spacial score (nSPS) is 10.5. The third-order valence-corrected chi connectivity index (χ3v) is 3.27. The van der Waals surface area contributed by atoms with Crippen LogP contribution in [0.3, 0.4) is 0 Å². The van der Waals surface area contributed by atoms with E-state index in [1.165, 1.54) is 18.2 Å². The van der Waals surface area contributed by atoms with Crippen LogP contribution < -0.4 is 0 Å². The van der Waals surface area contributed by atoms with Crippen molar-refractivity contribution in [2.75, 3.05) is 0 Å². The number of carboxylic acids is 2. The number of carbonyl (C=O) groups is 2. The van der Waals surface area contributed by atoms with E-state index < -0.39 is 11.9 Å². The molecule has 0 unspecified atom stereocenters. The third-order valence-electron chi connectivity index (χ3n) is 2.71. The summed E-state index contributed by atoms with van der Waals surface area (Å²) in [5.74, 6) is -1.96. The first-order valence-electron chi connectivity index (χ1n) is 6.84. The molecule has 0 atom stereocenters. The van der Waals surface area contributed by atoms with Gasteiger partial charge in [0.1, 0.15) is 5.75 Å². The second kappa shape index (κ2) is 10.2. The van der Waals surface area contributed by atoms with Gasteiger partial charge in [0.05, 0.1) is 0 Å². The van der Waals surface area contributed by atoms with E-state index in [2.05, 4.69) is 0 Å². The van der Waals surface area contributed by atoms with Crippen LogP contribution in [0, 0.1) is 0 Å². The van der Waals surface area contributed by atoms with E-state index in [-0.39, 0.29) is 5.75 Å².